The van der Waals surface area contributed by atoms with Gasteiger partial charge in [0.1, 0.15) is 5.76 Å². The predicted octanol–water partition coefficient (Wildman–Crippen LogP) is 3.94. The van der Waals surface area contributed by atoms with Crippen LogP contribution in [0.4, 0.5) is 5.82 Å². The number of piperidine rings is 1. The third kappa shape index (κ3) is 3.53. The molecule has 2 amide bonds. The summed E-state index contributed by atoms with van der Waals surface area (Å²) in [7, 11) is 0. The van der Waals surface area contributed by atoms with Gasteiger partial charge in [0.05, 0.1) is 5.41 Å². The van der Waals surface area contributed by atoms with Crippen LogP contribution in [0.1, 0.15) is 43.4 Å². The van der Waals surface area contributed by atoms with Crippen molar-refractivity contribution in [3.8, 4) is 0 Å². The van der Waals surface area contributed by atoms with Gasteiger partial charge in [0.25, 0.3) is 0 Å². The standard InChI is InChI=1S/C21H24ClN3O3/c1-14-13-18(24-28-14)23-19(26)15-7-11-25(12-8-15)20(27)21(9-2-10-21)16-3-5-17(22)6-4-16/h3-6,13,15H,2,7-12H2,1H3,(H,23,24,26). The van der Waals surface area contributed by atoms with Crippen molar-refractivity contribution >= 4 is 29.2 Å². The van der Waals surface area contributed by atoms with E-state index < -0.39 is 5.41 Å². The van der Waals surface area contributed by atoms with E-state index in [1.807, 2.05) is 29.2 Å². The lowest BCUT2D eigenvalue weighted by molar-refractivity contribution is -0.143. The second-order valence-corrected chi connectivity index (χ2v) is 8.26. The Kier molecular flexibility index (Phi) is 5.15. The zero-order chi connectivity index (χ0) is 19.7. The number of halogens is 1. The molecule has 0 unspecified atom stereocenters. The summed E-state index contributed by atoms with van der Waals surface area (Å²) in [6.07, 6.45) is 4.12. The Labute approximate surface area is 169 Å². The maximum Gasteiger partial charge on any atom is 0.233 e. The zero-order valence-corrected chi connectivity index (χ0v) is 16.7. The summed E-state index contributed by atoms with van der Waals surface area (Å²) in [4.78, 5) is 27.7. The number of benzene rings is 1. The van der Waals surface area contributed by atoms with E-state index >= 15 is 0 Å². The number of hydrogen-bond acceptors (Lipinski definition) is 4. The van der Waals surface area contributed by atoms with E-state index in [0.29, 0.717) is 42.5 Å². The van der Waals surface area contributed by atoms with Crippen LogP contribution in [0.2, 0.25) is 5.02 Å². The predicted molar refractivity (Wildman–Crippen MR) is 106 cm³/mol. The third-order valence-electron chi connectivity index (χ3n) is 6.05. The van der Waals surface area contributed by atoms with E-state index in [1.54, 1.807) is 13.0 Å². The molecule has 1 N–H and O–H groups in total. The van der Waals surface area contributed by atoms with Crippen LogP contribution in [0.15, 0.2) is 34.9 Å². The molecule has 2 aromatic rings. The highest BCUT2D eigenvalue weighted by atomic mass is 35.5. The fraction of sp³-hybridized carbons (Fsp3) is 0.476. The van der Waals surface area contributed by atoms with E-state index in [4.69, 9.17) is 16.1 Å². The van der Waals surface area contributed by atoms with Crippen molar-refractivity contribution in [3.63, 3.8) is 0 Å². The molecule has 6 nitrogen and oxygen atoms in total. The Hall–Kier alpha value is -2.34. The topological polar surface area (TPSA) is 75.4 Å². The van der Waals surface area contributed by atoms with Crippen LogP contribution in [-0.2, 0) is 15.0 Å². The van der Waals surface area contributed by atoms with Crippen LogP contribution in [0.5, 0.6) is 0 Å². The monoisotopic (exact) mass is 401 g/mol. The summed E-state index contributed by atoms with van der Waals surface area (Å²) in [5, 5.41) is 7.28. The van der Waals surface area contributed by atoms with Crippen molar-refractivity contribution in [1.82, 2.24) is 10.1 Å². The lowest BCUT2D eigenvalue weighted by Gasteiger charge is -2.45. The van der Waals surface area contributed by atoms with E-state index in [2.05, 4.69) is 10.5 Å². The Bertz CT molecular complexity index is 865. The largest absolute Gasteiger partial charge is 0.360 e. The molecule has 0 radical (unpaired) electrons. The van der Waals surface area contributed by atoms with E-state index in [0.717, 1.165) is 24.8 Å². The molecule has 4 rings (SSSR count). The molecule has 1 aromatic carbocycles. The molecule has 1 saturated heterocycles. The van der Waals surface area contributed by atoms with Gasteiger partial charge in [0.2, 0.25) is 11.8 Å². The Balaban J connectivity index is 1.38. The molecule has 28 heavy (non-hydrogen) atoms. The molecule has 1 saturated carbocycles. The van der Waals surface area contributed by atoms with Crippen LogP contribution in [0, 0.1) is 12.8 Å². The maximum atomic E-state index is 13.3. The Morgan fingerprint density at radius 1 is 1.21 bits per heavy atom. The van der Waals surface area contributed by atoms with E-state index in [9.17, 15) is 9.59 Å². The van der Waals surface area contributed by atoms with Gasteiger partial charge in [-0.05, 0) is 50.3 Å². The normalized spacial score (nSPS) is 19.1. The van der Waals surface area contributed by atoms with Gasteiger partial charge >= 0.3 is 0 Å². The number of nitrogens with zero attached hydrogens (tertiary/aromatic N) is 2. The van der Waals surface area contributed by atoms with Crippen LogP contribution < -0.4 is 5.32 Å². The summed E-state index contributed by atoms with van der Waals surface area (Å²) < 4.78 is 4.98. The molecule has 0 spiro atoms. The van der Waals surface area contributed by atoms with Gasteiger partial charge in [-0.1, -0.05) is 35.3 Å². The molecule has 1 aromatic heterocycles. The number of hydrogen-bond donors (Lipinski definition) is 1. The highest BCUT2D eigenvalue weighted by Crippen LogP contribution is 2.46. The number of aryl methyl sites for hydroxylation is 1. The number of rotatable bonds is 4. The second kappa shape index (κ2) is 7.59. The van der Waals surface area contributed by atoms with Gasteiger partial charge in [0, 0.05) is 30.1 Å². The van der Waals surface area contributed by atoms with Crippen molar-refractivity contribution in [2.75, 3.05) is 18.4 Å². The van der Waals surface area contributed by atoms with E-state index in [1.165, 1.54) is 0 Å². The average molecular weight is 402 g/mol. The minimum atomic E-state index is -0.419. The number of nitrogens with one attached hydrogen (secondary N) is 1. The number of likely N-dealkylation sites (tertiary alicyclic amines) is 1. The third-order valence-corrected chi connectivity index (χ3v) is 6.30. The molecular weight excluding hydrogens is 378 g/mol. The van der Waals surface area contributed by atoms with Crippen LogP contribution in [0.3, 0.4) is 0 Å². The summed E-state index contributed by atoms with van der Waals surface area (Å²) in [6.45, 7) is 2.98. The quantitative estimate of drug-likeness (QED) is 0.842. The summed E-state index contributed by atoms with van der Waals surface area (Å²) >= 11 is 6.01. The number of anilines is 1. The first-order chi connectivity index (χ1) is 13.5. The Morgan fingerprint density at radius 2 is 1.89 bits per heavy atom. The molecule has 1 aliphatic carbocycles. The van der Waals surface area contributed by atoms with E-state index in [-0.39, 0.29) is 17.7 Å². The van der Waals surface area contributed by atoms with Gasteiger partial charge in [-0.25, -0.2) is 0 Å². The fourth-order valence-electron chi connectivity index (χ4n) is 4.23. The highest BCUT2D eigenvalue weighted by molar-refractivity contribution is 6.30. The molecule has 2 heterocycles. The SMILES string of the molecule is Cc1cc(NC(=O)C2CCN(C(=O)C3(c4ccc(Cl)cc4)CCC3)CC2)no1. The number of amides is 2. The summed E-state index contributed by atoms with van der Waals surface area (Å²) in [5.41, 5.74) is 0.632. The first kappa shape index (κ1) is 19.0. The average Bonchev–Trinajstić information content (AvgIpc) is 3.07. The maximum absolute atomic E-state index is 13.3. The Morgan fingerprint density at radius 3 is 2.43 bits per heavy atom. The van der Waals surface area contributed by atoms with Crippen LogP contribution in [0.25, 0.3) is 0 Å². The van der Waals surface area contributed by atoms with Crippen molar-refractivity contribution in [3.05, 3.63) is 46.7 Å². The van der Waals surface area contributed by atoms with Crippen molar-refractivity contribution in [2.24, 2.45) is 5.92 Å². The zero-order valence-electron chi connectivity index (χ0n) is 15.9. The van der Waals surface area contributed by atoms with Gasteiger partial charge in [-0.15, -0.1) is 0 Å². The lowest BCUT2D eigenvalue weighted by Crippen LogP contribution is -2.53. The fourth-order valence-corrected chi connectivity index (χ4v) is 4.35. The smallest absolute Gasteiger partial charge is 0.233 e. The van der Waals surface area contributed by atoms with Gasteiger partial charge in [-0.3, -0.25) is 9.59 Å². The first-order valence-electron chi connectivity index (χ1n) is 9.77. The number of carbonyl (C=O) groups is 2. The first-order valence-corrected chi connectivity index (χ1v) is 10.2. The van der Waals surface area contributed by atoms with Crippen molar-refractivity contribution in [2.45, 2.75) is 44.4 Å². The summed E-state index contributed by atoms with van der Waals surface area (Å²) in [5.74, 6) is 1.11. The van der Waals surface area contributed by atoms with Gasteiger partial charge in [-0.2, -0.15) is 0 Å². The minimum absolute atomic E-state index is 0.0588. The summed E-state index contributed by atoms with van der Waals surface area (Å²) in [6, 6.07) is 9.35. The number of carbonyl (C=O) groups excluding carboxylic acids is 2. The minimum Gasteiger partial charge on any atom is -0.360 e. The molecule has 0 atom stereocenters. The number of aromatic nitrogens is 1. The molecular formula is C21H24ClN3O3. The van der Waals surface area contributed by atoms with Gasteiger partial charge < -0.3 is 14.7 Å². The molecule has 7 heteroatoms. The molecule has 2 fully saturated rings. The lowest BCUT2D eigenvalue weighted by atomic mass is 9.63. The molecule has 2 aliphatic rings. The van der Waals surface area contributed by atoms with Crippen LogP contribution in [-0.4, -0.2) is 35.0 Å². The second-order valence-electron chi connectivity index (χ2n) is 7.82. The molecule has 148 valence electrons. The van der Waals surface area contributed by atoms with Crippen molar-refractivity contribution in [1.29, 1.82) is 0 Å². The molecule has 0 bridgehead atoms. The van der Waals surface area contributed by atoms with Crippen LogP contribution >= 0.6 is 11.6 Å². The van der Waals surface area contributed by atoms with Crippen molar-refractivity contribution < 1.29 is 14.1 Å². The van der Waals surface area contributed by atoms with Gasteiger partial charge in [0.15, 0.2) is 5.82 Å². The molecule has 1 aliphatic heterocycles. The highest BCUT2D eigenvalue weighted by Gasteiger charge is 2.48.